The summed E-state index contributed by atoms with van der Waals surface area (Å²) in [5.74, 6) is -0.527. The molecule has 18 heavy (non-hydrogen) atoms. The molecule has 94 valence electrons. The molecule has 1 aromatic carbocycles. The van der Waals surface area contributed by atoms with E-state index in [1.165, 1.54) is 0 Å². The van der Waals surface area contributed by atoms with E-state index in [0.717, 1.165) is 5.56 Å². The summed E-state index contributed by atoms with van der Waals surface area (Å²) in [6.45, 7) is 0.543. The highest BCUT2D eigenvalue weighted by atomic mass is 16.1. The van der Waals surface area contributed by atoms with E-state index >= 15 is 0 Å². The van der Waals surface area contributed by atoms with Crippen LogP contribution in [0.3, 0.4) is 0 Å². The van der Waals surface area contributed by atoms with Crippen molar-refractivity contribution in [3.63, 3.8) is 0 Å². The number of carbonyl (C=O) groups is 1. The van der Waals surface area contributed by atoms with Gasteiger partial charge in [-0.3, -0.25) is 9.48 Å². The predicted molar refractivity (Wildman–Crippen MR) is 68.3 cm³/mol. The molecule has 0 aliphatic carbocycles. The maximum absolute atomic E-state index is 11.6. The van der Waals surface area contributed by atoms with Gasteiger partial charge in [-0.2, -0.15) is 5.10 Å². The van der Waals surface area contributed by atoms with Gasteiger partial charge >= 0.3 is 0 Å². The average Bonchev–Trinajstić information content (AvgIpc) is 2.90. The molecule has 5 heteroatoms. The first kappa shape index (κ1) is 12.3. The summed E-state index contributed by atoms with van der Waals surface area (Å²) in [6.07, 6.45) is 3.92. The van der Waals surface area contributed by atoms with Crippen LogP contribution in [0.4, 0.5) is 0 Å². The molecule has 0 aliphatic heterocycles. The Kier molecular flexibility index (Phi) is 3.43. The summed E-state index contributed by atoms with van der Waals surface area (Å²) in [4.78, 5) is 11.6. The Morgan fingerprint density at radius 2 is 2.00 bits per heavy atom. The van der Waals surface area contributed by atoms with E-state index in [-0.39, 0.29) is 0 Å². The van der Waals surface area contributed by atoms with Crippen LogP contribution in [-0.4, -0.2) is 15.7 Å². The number of aromatic nitrogens is 2. The smallest absolute Gasteiger partial charge is 0.242 e. The van der Waals surface area contributed by atoms with E-state index in [9.17, 15) is 4.79 Å². The van der Waals surface area contributed by atoms with Crippen molar-refractivity contribution in [1.29, 1.82) is 0 Å². The van der Waals surface area contributed by atoms with Crippen LogP contribution < -0.4 is 11.5 Å². The number of benzene rings is 1. The van der Waals surface area contributed by atoms with E-state index in [1.807, 2.05) is 42.6 Å². The molecule has 5 nitrogen and oxygen atoms in total. The number of rotatable bonds is 5. The highest BCUT2D eigenvalue weighted by Gasteiger charge is 2.33. The lowest BCUT2D eigenvalue weighted by atomic mass is 9.87. The molecule has 0 saturated carbocycles. The fraction of sp³-hybridized carbons (Fsp3) is 0.231. The third-order valence-corrected chi connectivity index (χ3v) is 3.02. The lowest BCUT2D eigenvalue weighted by Crippen LogP contribution is -2.49. The zero-order valence-corrected chi connectivity index (χ0v) is 9.99. The number of nitrogens with two attached hydrogens (primary N) is 2. The number of primary amides is 1. The van der Waals surface area contributed by atoms with Gasteiger partial charge in [0.1, 0.15) is 5.54 Å². The zero-order chi connectivity index (χ0) is 13.0. The number of amides is 1. The molecule has 0 aliphatic rings. The molecule has 1 unspecified atom stereocenters. The van der Waals surface area contributed by atoms with Gasteiger partial charge in [-0.05, 0) is 18.1 Å². The second kappa shape index (κ2) is 5.01. The summed E-state index contributed by atoms with van der Waals surface area (Å²) in [6, 6.07) is 11.0. The second-order valence-electron chi connectivity index (χ2n) is 4.22. The number of hydrogen-bond donors (Lipinski definition) is 2. The van der Waals surface area contributed by atoms with E-state index < -0.39 is 11.4 Å². The van der Waals surface area contributed by atoms with Crippen LogP contribution in [0.1, 0.15) is 12.0 Å². The van der Waals surface area contributed by atoms with Crippen molar-refractivity contribution < 1.29 is 4.79 Å². The summed E-state index contributed by atoms with van der Waals surface area (Å²) < 4.78 is 1.73. The Morgan fingerprint density at radius 1 is 1.28 bits per heavy atom. The van der Waals surface area contributed by atoms with Crippen LogP contribution in [0.25, 0.3) is 0 Å². The van der Waals surface area contributed by atoms with Crippen molar-refractivity contribution in [3.05, 3.63) is 54.4 Å². The van der Waals surface area contributed by atoms with E-state index in [2.05, 4.69) is 5.10 Å². The van der Waals surface area contributed by atoms with Crippen molar-refractivity contribution in [2.45, 2.75) is 18.5 Å². The molecule has 0 fully saturated rings. The van der Waals surface area contributed by atoms with E-state index in [0.29, 0.717) is 13.0 Å². The Balaban J connectivity index is 2.20. The molecule has 0 spiro atoms. The molecule has 1 atom stereocenters. The lowest BCUT2D eigenvalue weighted by molar-refractivity contribution is -0.123. The van der Waals surface area contributed by atoms with Crippen LogP contribution in [0.15, 0.2) is 48.8 Å². The van der Waals surface area contributed by atoms with Gasteiger partial charge in [0.05, 0.1) is 0 Å². The first-order valence-corrected chi connectivity index (χ1v) is 5.75. The highest BCUT2D eigenvalue weighted by Crippen LogP contribution is 2.22. The zero-order valence-electron chi connectivity index (χ0n) is 9.99. The van der Waals surface area contributed by atoms with Crippen LogP contribution >= 0.6 is 0 Å². The minimum atomic E-state index is -1.16. The van der Waals surface area contributed by atoms with Crippen LogP contribution in [-0.2, 0) is 16.9 Å². The van der Waals surface area contributed by atoms with Crippen LogP contribution in [0.5, 0.6) is 0 Å². The van der Waals surface area contributed by atoms with Gasteiger partial charge in [-0.15, -0.1) is 0 Å². The Morgan fingerprint density at radius 3 is 2.56 bits per heavy atom. The molecule has 1 heterocycles. The van der Waals surface area contributed by atoms with E-state index in [1.54, 1.807) is 10.9 Å². The van der Waals surface area contributed by atoms with E-state index in [4.69, 9.17) is 11.5 Å². The standard InChI is InChI=1S/C13H16N4O/c14-12(18)13(15,11-5-2-1-3-6-11)7-10-17-9-4-8-16-17/h1-6,8-9H,7,10,15H2,(H2,14,18). The number of aryl methyl sites for hydroxylation is 1. The molecule has 4 N–H and O–H groups in total. The number of nitrogens with zero attached hydrogens (tertiary/aromatic N) is 2. The fourth-order valence-corrected chi connectivity index (χ4v) is 1.87. The van der Waals surface area contributed by atoms with Crippen molar-refractivity contribution in [2.75, 3.05) is 0 Å². The minimum absolute atomic E-state index is 0.411. The van der Waals surface area contributed by atoms with Gasteiger partial charge in [0, 0.05) is 18.9 Å². The molecule has 2 rings (SSSR count). The Labute approximate surface area is 105 Å². The summed E-state index contributed by atoms with van der Waals surface area (Å²) in [7, 11) is 0. The predicted octanol–water partition coefficient (Wildman–Crippen LogP) is 0.613. The van der Waals surface area contributed by atoms with Gasteiger partial charge < -0.3 is 11.5 Å². The Bertz CT molecular complexity index is 509. The maximum Gasteiger partial charge on any atom is 0.242 e. The van der Waals surface area contributed by atoms with Gasteiger partial charge in [0.2, 0.25) is 5.91 Å². The first-order chi connectivity index (χ1) is 8.63. The largest absolute Gasteiger partial charge is 0.368 e. The Hall–Kier alpha value is -2.14. The monoisotopic (exact) mass is 244 g/mol. The summed E-state index contributed by atoms with van der Waals surface area (Å²) in [5.41, 5.74) is 11.2. The van der Waals surface area contributed by atoms with Crippen molar-refractivity contribution in [3.8, 4) is 0 Å². The quantitative estimate of drug-likeness (QED) is 0.808. The fourth-order valence-electron chi connectivity index (χ4n) is 1.87. The number of hydrogen-bond acceptors (Lipinski definition) is 3. The lowest BCUT2D eigenvalue weighted by Gasteiger charge is -2.26. The third kappa shape index (κ3) is 2.41. The molecule has 0 saturated heterocycles. The van der Waals surface area contributed by atoms with Crippen molar-refractivity contribution in [2.24, 2.45) is 11.5 Å². The SMILES string of the molecule is NC(=O)C(N)(CCn1cccn1)c1ccccc1. The molecular formula is C13H16N4O. The second-order valence-corrected chi connectivity index (χ2v) is 4.22. The average molecular weight is 244 g/mol. The topological polar surface area (TPSA) is 86.9 Å². The molecule has 2 aromatic rings. The van der Waals surface area contributed by atoms with Crippen molar-refractivity contribution in [1.82, 2.24) is 9.78 Å². The number of carbonyl (C=O) groups excluding carboxylic acids is 1. The normalized spacial score (nSPS) is 14.1. The minimum Gasteiger partial charge on any atom is -0.368 e. The van der Waals surface area contributed by atoms with Gasteiger partial charge in [0.25, 0.3) is 0 Å². The van der Waals surface area contributed by atoms with Gasteiger partial charge in [0.15, 0.2) is 0 Å². The highest BCUT2D eigenvalue weighted by molar-refractivity contribution is 5.85. The first-order valence-electron chi connectivity index (χ1n) is 5.75. The molecule has 1 amide bonds. The van der Waals surface area contributed by atoms with Gasteiger partial charge in [-0.1, -0.05) is 30.3 Å². The van der Waals surface area contributed by atoms with Crippen molar-refractivity contribution >= 4 is 5.91 Å². The summed E-state index contributed by atoms with van der Waals surface area (Å²) in [5, 5.41) is 4.08. The van der Waals surface area contributed by atoms with Crippen LogP contribution in [0.2, 0.25) is 0 Å². The molecular weight excluding hydrogens is 228 g/mol. The third-order valence-electron chi connectivity index (χ3n) is 3.02. The summed E-state index contributed by atoms with van der Waals surface area (Å²) >= 11 is 0. The van der Waals surface area contributed by atoms with Crippen LogP contribution in [0, 0.1) is 0 Å². The van der Waals surface area contributed by atoms with Gasteiger partial charge in [-0.25, -0.2) is 0 Å². The maximum atomic E-state index is 11.6. The molecule has 0 bridgehead atoms. The molecule has 1 aromatic heterocycles. The molecule has 0 radical (unpaired) electrons.